The van der Waals surface area contributed by atoms with Crippen LogP contribution in [0.15, 0.2) is 42.5 Å². The summed E-state index contributed by atoms with van der Waals surface area (Å²) in [6.45, 7) is 5.47. The second kappa shape index (κ2) is 9.62. The standard InChI is InChI=1S/C22H26FN3O3/c1-16(27)17-4-3-5-20(13-17)24-22(28)15-26-10-8-25(9-11-26)14-18-12-19(23)6-7-21(18)29-2/h3-7,12-13H,8-11,14-15H2,1-2H3,(H,24,28). The largest absolute Gasteiger partial charge is 0.496 e. The topological polar surface area (TPSA) is 61.9 Å². The summed E-state index contributed by atoms with van der Waals surface area (Å²) in [6.07, 6.45) is 0. The minimum Gasteiger partial charge on any atom is -0.496 e. The van der Waals surface area contributed by atoms with Gasteiger partial charge in [0.1, 0.15) is 11.6 Å². The summed E-state index contributed by atoms with van der Waals surface area (Å²) in [5.41, 5.74) is 2.02. The number of methoxy groups -OCH3 is 1. The molecule has 154 valence electrons. The van der Waals surface area contributed by atoms with Crippen molar-refractivity contribution in [3.8, 4) is 5.75 Å². The van der Waals surface area contributed by atoms with E-state index in [1.54, 1.807) is 37.4 Å². The van der Waals surface area contributed by atoms with E-state index in [0.29, 0.717) is 30.1 Å². The van der Waals surface area contributed by atoms with Crippen LogP contribution in [0.5, 0.6) is 5.75 Å². The van der Waals surface area contributed by atoms with Crippen molar-refractivity contribution in [3.05, 3.63) is 59.4 Å². The highest BCUT2D eigenvalue weighted by atomic mass is 19.1. The van der Waals surface area contributed by atoms with E-state index >= 15 is 0 Å². The van der Waals surface area contributed by atoms with Gasteiger partial charge >= 0.3 is 0 Å². The van der Waals surface area contributed by atoms with Gasteiger partial charge in [-0.05, 0) is 37.3 Å². The number of benzene rings is 2. The molecule has 0 radical (unpaired) electrons. The van der Waals surface area contributed by atoms with Crippen molar-refractivity contribution in [2.75, 3.05) is 45.2 Å². The molecular formula is C22H26FN3O3. The molecule has 1 aliphatic heterocycles. The van der Waals surface area contributed by atoms with Crippen LogP contribution in [0.2, 0.25) is 0 Å². The number of carbonyl (C=O) groups is 2. The fraction of sp³-hybridized carbons (Fsp3) is 0.364. The molecule has 0 atom stereocenters. The fourth-order valence-electron chi connectivity index (χ4n) is 3.44. The van der Waals surface area contributed by atoms with Crippen LogP contribution in [0.1, 0.15) is 22.8 Å². The molecule has 1 heterocycles. The monoisotopic (exact) mass is 399 g/mol. The Morgan fingerprint density at radius 3 is 2.48 bits per heavy atom. The van der Waals surface area contributed by atoms with Gasteiger partial charge in [-0.3, -0.25) is 19.4 Å². The summed E-state index contributed by atoms with van der Waals surface area (Å²) in [5, 5.41) is 2.85. The van der Waals surface area contributed by atoms with Crippen molar-refractivity contribution in [1.29, 1.82) is 0 Å². The van der Waals surface area contributed by atoms with Gasteiger partial charge in [-0.2, -0.15) is 0 Å². The Morgan fingerprint density at radius 2 is 1.79 bits per heavy atom. The average molecular weight is 399 g/mol. The zero-order valence-electron chi connectivity index (χ0n) is 16.8. The van der Waals surface area contributed by atoms with Gasteiger partial charge in [0, 0.05) is 49.5 Å². The van der Waals surface area contributed by atoms with Crippen LogP contribution >= 0.6 is 0 Å². The minimum atomic E-state index is -0.273. The molecule has 7 heteroatoms. The molecule has 2 aromatic rings. The lowest BCUT2D eigenvalue weighted by atomic mass is 10.1. The fourth-order valence-corrected chi connectivity index (χ4v) is 3.44. The number of Topliss-reactive ketones (excluding diaryl/α,β-unsaturated/α-hetero) is 1. The van der Waals surface area contributed by atoms with Crippen molar-refractivity contribution in [2.24, 2.45) is 0 Å². The number of ether oxygens (including phenoxy) is 1. The summed E-state index contributed by atoms with van der Waals surface area (Å²) in [7, 11) is 1.58. The average Bonchev–Trinajstić information content (AvgIpc) is 2.70. The van der Waals surface area contributed by atoms with Gasteiger partial charge in [0.2, 0.25) is 5.91 Å². The van der Waals surface area contributed by atoms with Crippen molar-refractivity contribution < 1.29 is 18.7 Å². The number of ketones is 1. The Hall–Kier alpha value is -2.77. The van der Waals surface area contributed by atoms with E-state index in [0.717, 1.165) is 31.7 Å². The lowest BCUT2D eigenvalue weighted by molar-refractivity contribution is -0.117. The molecule has 29 heavy (non-hydrogen) atoms. The van der Waals surface area contributed by atoms with Crippen molar-refractivity contribution in [1.82, 2.24) is 9.80 Å². The van der Waals surface area contributed by atoms with Gasteiger partial charge in [-0.15, -0.1) is 0 Å². The van der Waals surface area contributed by atoms with E-state index in [1.807, 2.05) is 0 Å². The maximum atomic E-state index is 13.5. The second-order valence-corrected chi connectivity index (χ2v) is 7.19. The molecule has 0 bridgehead atoms. The zero-order valence-corrected chi connectivity index (χ0v) is 16.8. The highest BCUT2D eigenvalue weighted by Crippen LogP contribution is 2.21. The van der Waals surface area contributed by atoms with Crippen LogP contribution in [0.4, 0.5) is 10.1 Å². The predicted molar refractivity (Wildman–Crippen MR) is 110 cm³/mol. The van der Waals surface area contributed by atoms with Crippen LogP contribution in [0.25, 0.3) is 0 Å². The quantitative estimate of drug-likeness (QED) is 0.726. The van der Waals surface area contributed by atoms with Crippen molar-refractivity contribution in [3.63, 3.8) is 0 Å². The molecule has 3 rings (SSSR count). The Balaban J connectivity index is 1.48. The maximum Gasteiger partial charge on any atom is 0.238 e. The molecule has 0 spiro atoms. The lowest BCUT2D eigenvalue weighted by Gasteiger charge is -2.34. The number of halogens is 1. The molecular weight excluding hydrogens is 373 g/mol. The third kappa shape index (κ3) is 5.85. The van der Waals surface area contributed by atoms with Gasteiger partial charge in [-0.25, -0.2) is 4.39 Å². The van der Waals surface area contributed by atoms with Gasteiger partial charge in [-0.1, -0.05) is 12.1 Å². The summed E-state index contributed by atoms with van der Waals surface area (Å²) >= 11 is 0. The molecule has 1 saturated heterocycles. The first-order valence-corrected chi connectivity index (χ1v) is 9.62. The van der Waals surface area contributed by atoms with E-state index in [9.17, 15) is 14.0 Å². The van der Waals surface area contributed by atoms with Crippen LogP contribution in [0, 0.1) is 5.82 Å². The van der Waals surface area contributed by atoms with Crippen LogP contribution in [-0.2, 0) is 11.3 Å². The third-order valence-electron chi connectivity index (χ3n) is 5.02. The van der Waals surface area contributed by atoms with E-state index in [1.165, 1.54) is 19.1 Å². The van der Waals surface area contributed by atoms with Gasteiger partial charge in [0.05, 0.1) is 13.7 Å². The van der Waals surface area contributed by atoms with Crippen LogP contribution < -0.4 is 10.1 Å². The van der Waals surface area contributed by atoms with Gasteiger partial charge < -0.3 is 10.1 Å². The number of carbonyl (C=O) groups excluding carboxylic acids is 2. The minimum absolute atomic E-state index is 0.0350. The SMILES string of the molecule is COc1ccc(F)cc1CN1CCN(CC(=O)Nc2cccc(C(C)=O)c2)CC1. The predicted octanol–water partition coefficient (Wildman–Crippen LogP) is 2.79. The molecule has 1 fully saturated rings. The molecule has 6 nitrogen and oxygen atoms in total. The lowest BCUT2D eigenvalue weighted by Crippen LogP contribution is -2.48. The number of nitrogens with zero attached hydrogens (tertiary/aromatic N) is 2. The smallest absolute Gasteiger partial charge is 0.238 e. The molecule has 2 aromatic carbocycles. The third-order valence-corrected chi connectivity index (χ3v) is 5.02. The van der Waals surface area contributed by atoms with E-state index in [-0.39, 0.29) is 17.5 Å². The number of hydrogen-bond acceptors (Lipinski definition) is 5. The molecule has 1 amide bonds. The number of amides is 1. The van der Waals surface area contributed by atoms with Crippen molar-refractivity contribution >= 4 is 17.4 Å². The molecule has 0 saturated carbocycles. The van der Waals surface area contributed by atoms with Crippen LogP contribution in [-0.4, -0.2) is 61.3 Å². The number of rotatable bonds is 7. The highest BCUT2D eigenvalue weighted by molar-refractivity contribution is 5.97. The van der Waals surface area contributed by atoms with E-state index in [4.69, 9.17) is 4.74 Å². The summed E-state index contributed by atoms with van der Waals surface area (Å²) in [6, 6.07) is 11.5. The summed E-state index contributed by atoms with van der Waals surface area (Å²) in [4.78, 5) is 28.1. The number of nitrogens with one attached hydrogen (secondary N) is 1. The Morgan fingerprint density at radius 1 is 1.07 bits per heavy atom. The first-order chi connectivity index (χ1) is 13.9. The zero-order chi connectivity index (χ0) is 20.8. The Labute approximate surface area is 170 Å². The first kappa shape index (κ1) is 21.0. The van der Waals surface area contributed by atoms with Gasteiger partial charge in [0.25, 0.3) is 0 Å². The first-order valence-electron chi connectivity index (χ1n) is 9.62. The van der Waals surface area contributed by atoms with E-state index in [2.05, 4.69) is 15.1 Å². The van der Waals surface area contributed by atoms with Gasteiger partial charge in [0.15, 0.2) is 5.78 Å². The summed E-state index contributed by atoms with van der Waals surface area (Å²) < 4.78 is 18.9. The summed E-state index contributed by atoms with van der Waals surface area (Å²) in [5.74, 6) is 0.268. The normalized spacial score (nSPS) is 15.1. The molecule has 0 aromatic heterocycles. The number of piperazine rings is 1. The molecule has 0 unspecified atom stereocenters. The maximum absolute atomic E-state index is 13.5. The number of anilines is 1. The molecule has 1 N–H and O–H groups in total. The van der Waals surface area contributed by atoms with Crippen LogP contribution in [0.3, 0.4) is 0 Å². The second-order valence-electron chi connectivity index (χ2n) is 7.19. The Kier molecular flexibility index (Phi) is 6.95. The van der Waals surface area contributed by atoms with E-state index < -0.39 is 0 Å². The molecule has 0 aliphatic carbocycles. The molecule has 1 aliphatic rings. The Bertz CT molecular complexity index is 879. The highest BCUT2D eigenvalue weighted by Gasteiger charge is 2.20. The van der Waals surface area contributed by atoms with Crippen molar-refractivity contribution in [2.45, 2.75) is 13.5 Å². The number of hydrogen-bond donors (Lipinski definition) is 1.